The number of nitrogens with zero attached hydrogens (tertiary/aromatic N) is 7. The number of hydrogen-bond donors (Lipinski definition) is 0. The number of fused-ring (bicyclic) bond motifs is 1. The first kappa shape index (κ1) is 16.7. The molecule has 1 fully saturated rings. The highest BCUT2D eigenvalue weighted by Crippen LogP contribution is 2.33. The molecule has 4 rings (SSSR count). The summed E-state index contributed by atoms with van der Waals surface area (Å²) < 4.78 is 7.41. The minimum Gasteiger partial charge on any atom is -0.353 e. The topological polar surface area (TPSA) is 84.1 Å². The van der Waals surface area contributed by atoms with Crippen LogP contribution in [-0.4, -0.2) is 62.4 Å². The van der Waals surface area contributed by atoms with Crippen molar-refractivity contribution in [1.29, 1.82) is 0 Å². The Labute approximate surface area is 153 Å². The molecule has 1 atom stereocenters. The van der Waals surface area contributed by atoms with Crippen molar-refractivity contribution in [3.8, 4) is 0 Å². The summed E-state index contributed by atoms with van der Waals surface area (Å²) in [7, 11) is 0. The van der Waals surface area contributed by atoms with Gasteiger partial charge in [-0.3, -0.25) is 4.90 Å². The Bertz CT molecular complexity index is 872. The molecule has 0 bridgehead atoms. The molecule has 0 aromatic carbocycles. The van der Waals surface area contributed by atoms with Gasteiger partial charge in [-0.1, -0.05) is 16.9 Å². The molecule has 1 unspecified atom stereocenters. The first-order valence-electron chi connectivity index (χ1n) is 8.10. The molecule has 1 aliphatic heterocycles. The highest BCUT2D eigenvalue weighted by atomic mass is 32.2. The molecule has 25 heavy (non-hydrogen) atoms. The third-order valence-electron chi connectivity index (χ3n) is 4.39. The highest BCUT2D eigenvalue weighted by molar-refractivity contribution is 8.00. The van der Waals surface area contributed by atoms with Crippen LogP contribution in [0.2, 0.25) is 0 Å². The molecule has 1 aliphatic rings. The van der Waals surface area contributed by atoms with E-state index in [2.05, 4.69) is 41.8 Å². The normalized spacial score (nSPS) is 17.3. The lowest BCUT2D eigenvalue weighted by atomic mass is 10.2. The molecule has 0 amide bonds. The summed E-state index contributed by atoms with van der Waals surface area (Å²) in [5, 5.41) is 3.89. The monoisotopic (exact) mass is 377 g/mol. The van der Waals surface area contributed by atoms with Crippen LogP contribution in [0.25, 0.3) is 10.3 Å². The van der Waals surface area contributed by atoms with E-state index >= 15 is 0 Å². The molecule has 0 spiro atoms. The number of aromatic nitrogens is 5. The number of aryl methyl sites for hydroxylation is 1. The summed E-state index contributed by atoms with van der Waals surface area (Å²) in [6.45, 7) is 7.59. The first-order chi connectivity index (χ1) is 12.2. The molecule has 0 radical (unpaired) electrons. The second-order valence-corrected chi connectivity index (χ2v) is 7.97. The maximum Gasteiger partial charge on any atom is 0.243 e. The summed E-state index contributed by atoms with van der Waals surface area (Å²) in [4.78, 5) is 22.4. The molecule has 4 heterocycles. The molecule has 3 aromatic rings. The summed E-state index contributed by atoms with van der Waals surface area (Å²) in [6, 6.07) is 0.125. The van der Waals surface area contributed by atoms with E-state index in [0.29, 0.717) is 11.7 Å². The Balaban J connectivity index is 1.49. The smallest absolute Gasteiger partial charge is 0.243 e. The van der Waals surface area contributed by atoms with E-state index in [0.717, 1.165) is 46.7 Å². The van der Waals surface area contributed by atoms with Gasteiger partial charge in [0.2, 0.25) is 5.89 Å². The lowest BCUT2D eigenvalue weighted by Gasteiger charge is -2.37. The maximum atomic E-state index is 5.32. The molecule has 132 valence electrons. The van der Waals surface area contributed by atoms with Gasteiger partial charge in [-0.25, -0.2) is 15.0 Å². The molecular formula is C15H19N7OS2. The van der Waals surface area contributed by atoms with Crippen molar-refractivity contribution in [3.63, 3.8) is 0 Å². The summed E-state index contributed by atoms with van der Waals surface area (Å²) in [5.41, 5.74) is 0.788. The first-order valence-corrected chi connectivity index (χ1v) is 10.1. The van der Waals surface area contributed by atoms with Gasteiger partial charge in [0.25, 0.3) is 0 Å². The quantitative estimate of drug-likeness (QED) is 0.636. The van der Waals surface area contributed by atoms with Crippen molar-refractivity contribution in [2.45, 2.75) is 24.2 Å². The standard InChI is InChI=1S/C15H19N7OS2/c1-9(14-18-10(2)20-23-14)21-4-6-22(7-5-21)13-11-12(16-8-17-13)19-15(24-3)25-11/h8-9H,4-7H2,1-3H3. The Morgan fingerprint density at radius 2 is 2.00 bits per heavy atom. The largest absolute Gasteiger partial charge is 0.353 e. The molecule has 8 nitrogen and oxygen atoms in total. The van der Waals surface area contributed by atoms with Gasteiger partial charge in [-0.15, -0.1) is 11.3 Å². The van der Waals surface area contributed by atoms with E-state index in [1.807, 2.05) is 13.2 Å². The van der Waals surface area contributed by atoms with Gasteiger partial charge in [0.05, 0.1) is 6.04 Å². The zero-order valence-electron chi connectivity index (χ0n) is 14.3. The van der Waals surface area contributed by atoms with Crippen LogP contribution in [0.1, 0.15) is 24.7 Å². The average Bonchev–Trinajstić information content (AvgIpc) is 3.26. The Kier molecular flexibility index (Phi) is 4.57. The van der Waals surface area contributed by atoms with Crippen LogP contribution in [0, 0.1) is 6.92 Å². The number of piperazine rings is 1. The van der Waals surface area contributed by atoms with Gasteiger partial charge >= 0.3 is 0 Å². The van der Waals surface area contributed by atoms with Crippen molar-refractivity contribution in [3.05, 3.63) is 18.0 Å². The maximum absolute atomic E-state index is 5.32. The van der Waals surface area contributed by atoms with Gasteiger partial charge in [0.1, 0.15) is 11.0 Å². The van der Waals surface area contributed by atoms with E-state index in [1.165, 1.54) is 0 Å². The van der Waals surface area contributed by atoms with E-state index < -0.39 is 0 Å². The van der Waals surface area contributed by atoms with E-state index in [-0.39, 0.29) is 6.04 Å². The number of rotatable bonds is 4. The van der Waals surface area contributed by atoms with Crippen molar-refractivity contribution >= 4 is 39.3 Å². The minimum absolute atomic E-state index is 0.125. The third-order valence-corrected chi connectivity index (χ3v) is 6.42. The van der Waals surface area contributed by atoms with Crippen LogP contribution in [0.5, 0.6) is 0 Å². The number of hydrogen-bond acceptors (Lipinski definition) is 10. The van der Waals surface area contributed by atoms with E-state index in [4.69, 9.17) is 4.52 Å². The SMILES string of the molecule is CSc1nc2ncnc(N3CCN(C(C)c4nc(C)no4)CC3)c2s1. The molecule has 0 N–H and O–H groups in total. The third kappa shape index (κ3) is 3.21. The van der Waals surface area contributed by atoms with Gasteiger partial charge in [0.15, 0.2) is 21.6 Å². The molecule has 0 saturated carbocycles. The second-order valence-electron chi connectivity index (χ2n) is 5.91. The van der Waals surface area contributed by atoms with Gasteiger partial charge in [-0.05, 0) is 20.1 Å². The Morgan fingerprint density at radius 3 is 2.68 bits per heavy atom. The number of thiazole rings is 1. The summed E-state index contributed by atoms with van der Waals surface area (Å²) in [5.74, 6) is 2.35. The highest BCUT2D eigenvalue weighted by Gasteiger charge is 2.27. The van der Waals surface area contributed by atoms with Crippen LogP contribution in [0.15, 0.2) is 15.2 Å². The number of thioether (sulfide) groups is 1. The van der Waals surface area contributed by atoms with Crippen molar-refractivity contribution in [2.75, 3.05) is 37.3 Å². The zero-order chi connectivity index (χ0) is 17.4. The van der Waals surface area contributed by atoms with Crippen LogP contribution in [0.4, 0.5) is 5.82 Å². The van der Waals surface area contributed by atoms with Crippen molar-refractivity contribution in [2.24, 2.45) is 0 Å². The van der Waals surface area contributed by atoms with Gasteiger partial charge in [0, 0.05) is 26.2 Å². The minimum atomic E-state index is 0.125. The van der Waals surface area contributed by atoms with Gasteiger partial charge < -0.3 is 9.42 Å². The lowest BCUT2D eigenvalue weighted by molar-refractivity contribution is 0.164. The zero-order valence-corrected chi connectivity index (χ0v) is 16.0. The average molecular weight is 377 g/mol. The predicted octanol–water partition coefficient (Wildman–Crippen LogP) is 2.38. The van der Waals surface area contributed by atoms with Crippen molar-refractivity contribution in [1.82, 2.24) is 30.0 Å². The predicted molar refractivity (Wildman–Crippen MR) is 98.2 cm³/mol. The molecule has 10 heteroatoms. The van der Waals surface area contributed by atoms with Crippen molar-refractivity contribution < 1.29 is 4.52 Å². The molecule has 1 saturated heterocycles. The van der Waals surface area contributed by atoms with Gasteiger partial charge in [-0.2, -0.15) is 4.98 Å². The van der Waals surface area contributed by atoms with Crippen LogP contribution in [-0.2, 0) is 0 Å². The van der Waals surface area contributed by atoms with E-state index in [1.54, 1.807) is 29.4 Å². The molecule has 3 aromatic heterocycles. The van der Waals surface area contributed by atoms with E-state index in [9.17, 15) is 0 Å². The van der Waals surface area contributed by atoms with Crippen LogP contribution < -0.4 is 4.90 Å². The second kappa shape index (κ2) is 6.85. The lowest BCUT2D eigenvalue weighted by Crippen LogP contribution is -2.47. The number of anilines is 1. The Hall–Kier alpha value is -1.78. The summed E-state index contributed by atoms with van der Waals surface area (Å²) >= 11 is 3.31. The fraction of sp³-hybridized carbons (Fsp3) is 0.533. The fourth-order valence-electron chi connectivity index (χ4n) is 3.00. The van der Waals surface area contributed by atoms with Crippen LogP contribution in [0.3, 0.4) is 0 Å². The fourth-order valence-corrected chi connectivity index (χ4v) is 4.53. The summed E-state index contributed by atoms with van der Waals surface area (Å²) in [6.07, 6.45) is 3.64. The molecular weight excluding hydrogens is 358 g/mol. The Morgan fingerprint density at radius 1 is 1.20 bits per heavy atom. The van der Waals surface area contributed by atoms with Crippen LogP contribution >= 0.6 is 23.1 Å². The molecule has 0 aliphatic carbocycles.